The molecule has 0 aliphatic heterocycles. The van der Waals surface area contributed by atoms with Crippen LogP contribution in [0.5, 0.6) is 0 Å². The molecule has 0 aliphatic carbocycles. The van der Waals surface area contributed by atoms with Gasteiger partial charge in [0.1, 0.15) is 0 Å². The summed E-state index contributed by atoms with van der Waals surface area (Å²) in [6, 6.07) is 11.4. The van der Waals surface area contributed by atoms with E-state index in [0.29, 0.717) is 10.0 Å². The normalized spacial score (nSPS) is 10.1. The molecule has 0 atom stereocenters. The van der Waals surface area contributed by atoms with E-state index >= 15 is 0 Å². The zero-order valence-electron chi connectivity index (χ0n) is 10.1. The van der Waals surface area contributed by atoms with Gasteiger partial charge in [-0.2, -0.15) is 0 Å². The van der Waals surface area contributed by atoms with Crippen LogP contribution >= 0.6 is 31.9 Å². The molecule has 0 aliphatic rings. The van der Waals surface area contributed by atoms with Gasteiger partial charge in [0.2, 0.25) is 0 Å². The van der Waals surface area contributed by atoms with Crippen LogP contribution in [0.1, 0.15) is 20.7 Å². The van der Waals surface area contributed by atoms with Crippen molar-refractivity contribution < 1.29 is 14.7 Å². The van der Waals surface area contributed by atoms with Crippen LogP contribution in [0.25, 0.3) is 0 Å². The number of carboxylic acids is 1. The van der Waals surface area contributed by atoms with Gasteiger partial charge in [0.15, 0.2) is 0 Å². The highest BCUT2D eigenvalue weighted by Gasteiger charge is 2.14. The van der Waals surface area contributed by atoms with Gasteiger partial charge in [0.05, 0.1) is 16.8 Å². The lowest BCUT2D eigenvalue weighted by Crippen LogP contribution is -2.15. The maximum absolute atomic E-state index is 12.2. The zero-order valence-corrected chi connectivity index (χ0v) is 13.2. The van der Waals surface area contributed by atoms with E-state index in [1.165, 1.54) is 6.07 Å². The van der Waals surface area contributed by atoms with E-state index in [2.05, 4.69) is 37.2 Å². The van der Waals surface area contributed by atoms with Crippen LogP contribution < -0.4 is 5.32 Å². The van der Waals surface area contributed by atoms with Crippen molar-refractivity contribution in [3.63, 3.8) is 0 Å². The average Bonchev–Trinajstić information content (AvgIpc) is 2.38. The first-order valence-corrected chi connectivity index (χ1v) is 7.16. The van der Waals surface area contributed by atoms with Gasteiger partial charge in [0, 0.05) is 8.95 Å². The second-order valence-electron chi connectivity index (χ2n) is 3.93. The number of carbonyl (C=O) groups excluding carboxylic acids is 1. The van der Waals surface area contributed by atoms with E-state index in [4.69, 9.17) is 5.11 Å². The van der Waals surface area contributed by atoms with Crippen LogP contribution in [0.4, 0.5) is 5.69 Å². The topological polar surface area (TPSA) is 66.4 Å². The van der Waals surface area contributed by atoms with Gasteiger partial charge < -0.3 is 10.4 Å². The molecule has 0 fully saturated rings. The monoisotopic (exact) mass is 397 g/mol. The minimum absolute atomic E-state index is 0.0501. The lowest BCUT2D eigenvalue weighted by atomic mass is 10.1. The Hall–Kier alpha value is -1.66. The predicted molar refractivity (Wildman–Crippen MR) is 83.2 cm³/mol. The summed E-state index contributed by atoms with van der Waals surface area (Å²) < 4.78 is 1.46. The Morgan fingerprint density at radius 1 is 1.00 bits per heavy atom. The van der Waals surface area contributed by atoms with Crippen molar-refractivity contribution in [2.45, 2.75) is 0 Å². The highest BCUT2D eigenvalue weighted by atomic mass is 79.9. The number of carboxylic acid groups (broad SMARTS) is 1. The Labute approximate surface area is 132 Å². The van der Waals surface area contributed by atoms with Gasteiger partial charge in [-0.05, 0) is 46.3 Å². The minimum atomic E-state index is -1.09. The SMILES string of the molecule is O=C(Nc1ccccc1C(=O)O)c1ccc(Br)cc1Br. The summed E-state index contributed by atoms with van der Waals surface area (Å²) in [4.78, 5) is 23.3. The molecule has 6 heteroatoms. The molecule has 20 heavy (non-hydrogen) atoms. The Kier molecular flexibility index (Phi) is 4.57. The third kappa shape index (κ3) is 3.26. The van der Waals surface area contributed by atoms with Crippen molar-refractivity contribution in [2.24, 2.45) is 0 Å². The number of carbonyl (C=O) groups is 2. The number of halogens is 2. The first-order valence-electron chi connectivity index (χ1n) is 5.58. The molecule has 102 valence electrons. The summed E-state index contributed by atoms with van der Waals surface area (Å²) in [6.45, 7) is 0. The number of amides is 1. The molecule has 0 heterocycles. The van der Waals surface area contributed by atoms with Crippen molar-refractivity contribution in [3.05, 3.63) is 62.5 Å². The van der Waals surface area contributed by atoms with Gasteiger partial charge in [-0.1, -0.05) is 28.1 Å². The summed E-state index contributed by atoms with van der Waals surface area (Å²) in [5, 5.41) is 11.7. The molecule has 0 radical (unpaired) electrons. The molecule has 2 aromatic rings. The molecule has 0 spiro atoms. The maximum Gasteiger partial charge on any atom is 0.337 e. The van der Waals surface area contributed by atoms with Gasteiger partial charge >= 0.3 is 5.97 Å². The summed E-state index contributed by atoms with van der Waals surface area (Å²) in [5.41, 5.74) is 0.738. The molecule has 0 saturated carbocycles. The zero-order chi connectivity index (χ0) is 14.7. The van der Waals surface area contributed by atoms with Crippen molar-refractivity contribution in [1.82, 2.24) is 0 Å². The molecule has 0 saturated heterocycles. The molecule has 2 aromatic carbocycles. The molecular formula is C14H9Br2NO3. The number of hydrogen-bond donors (Lipinski definition) is 2. The quantitative estimate of drug-likeness (QED) is 0.815. The lowest BCUT2D eigenvalue weighted by molar-refractivity contribution is 0.0698. The third-order valence-corrected chi connectivity index (χ3v) is 3.73. The standard InChI is InChI=1S/C14H9Br2NO3/c15-8-5-6-9(11(16)7-8)13(18)17-12-4-2-1-3-10(12)14(19)20/h1-7H,(H,17,18)(H,19,20). The predicted octanol–water partition coefficient (Wildman–Crippen LogP) is 4.16. The minimum Gasteiger partial charge on any atom is -0.478 e. The first kappa shape index (κ1) is 14.7. The van der Waals surface area contributed by atoms with Gasteiger partial charge in [-0.3, -0.25) is 4.79 Å². The second kappa shape index (κ2) is 6.19. The van der Waals surface area contributed by atoms with Gasteiger partial charge in [0.25, 0.3) is 5.91 Å². The van der Waals surface area contributed by atoms with E-state index in [-0.39, 0.29) is 17.2 Å². The van der Waals surface area contributed by atoms with E-state index in [9.17, 15) is 9.59 Å². The van der Waals surface area contributed by atoms with Crippen LogP contribution in [0.2, 0.25) is 0 Å². The van der Waals surface area contributed by atoms with Crippen LogP contribution in [0.15, 0.2) is 51.4 Å². The fourth-order valence-corrected chi connectivity index (χ4v) is 2.87. The summed E-state index contributed by atoms with van der Waals surface area (Å²) >= 11 is 6.60. The molecule has 0 aromatic heterocycles. The van der Waals surface area contributed by atoms with E-state index in [1.807, 2.05) is 0 Å². The lowest BCUT2D eigenvalue weighted by Gasteiger charge is -2.09. The Balaban J connectivity index is 2.30. The molecule has 0 unspecified atom stereocenters. The molecule has 2 rings (SSSR count). The van der Waals surface area contributed by atoms with Gasteiger partial charge in [-0.25, -0.2) is 4.79 Å². The molecule has 4 nitrogen and oxygen atoms in total. The second-order valence-corrected chi connectivity index (χ2v) is 5.70. The number of para-hydroxylation sites is 1. The van der Waals surface area contributed by atoms with Crippen LogP contribution in [0, 0.1) is 0 Å². The highest BCUT2D eigenvalue weighted by molar-refractivity contribution is 9.11. The first-order chi connectivity index (χ1) is 9.49. The molecule has 0 bridgehead atoms. The smallest absolute Gasteiger partial charge is 0.337 e. The van der Waals surface area contributed by atoms with E-state index in [1.54, 1.807) is 36.4 Å². The van der Waals surface area contributed by atoms with Crippen LogP contribution in [-0.2, 0) is 0 Å². The number of hydrogen-bond acceptors (Lipinski definition) is 2. The van der Waals surface area contributed by atoms with Crippen molar-refractivity contribution in [1.29, 1.82) is 0 Å². The Morgan fingerprint density at radius 3 is 2.35 bits per heavy atom. The van der Waals surface area contributed by atoms with Crippen LogP contribution in [0.3, 0.4) is 0 Å². The number of rotatable bonds is 3. The Morgan fingerprint density at radius 2 is 1.70 bits per heavy atom. The van der Waals surface area contributed by atoms with E-state index in [0.717, 1.165) is 4.47 Å². The highest BCUT2D eigenvalue weighted by Crippen LogP contribution is 2.23. The molecule has 2 N–H and O–H groups in total. The van der Waals surface area contributed by atoms with Crippen LogP contribution in [-0.4, -0.2) is 17.0 Å². The Bertz CT molecular complexity index is 686. The summed E-state index contributed by atoms with van der Waals surface area (Å²) in [6.07, 6.45) is 0. The number of aromatic carboxylic acids is 1. The molecular weight excluding hydrogens is 390 g/mol. The average molecular weight is 399 g/mol. The molecule has 1 amide bonds. The van der Waals surface area contributed by atoms with Crippen molar-refractivity contribution in [2.75, 3.05) is 5.32 Å². The maximum atomic E-state index is 12.2. The number of anilines is 1. The van der Waals surface area contributed by atoms with Crippen molar-refractivity contribution in [3.8, 4) is 0 Å². The summed E-state index contributed by atoms with van der Waals surface area (Å²) in [5.74, 6) is -1.46. The fourth-order valence-electron chi connectivity index (χ4n) is 1.64. The van der Waals surface area contributed by atoms with E-state index < -0.39 is 5.97 Å². The largest absolute Gasteiger partial charge is 0.478 e. The number of benzene rings is 2. The fraction of sp³-hybridized carbons (Fsp3) is 0. The van der Waals surface area contributed by atoms with Gasteiger partial charge in [-0.15, -0.1) is 0 Å². The number of nitrogens with one attached hydrogen (secondary N) is 1. The van der Waals surface area contributed by atoms with Crippen molar-refractivity contribution >= 4 is 49.4 Å². The third-order valence-electron chi connectivity index (χ3n) is 2.58. The summed E-state index contributed by atoms with van der Waals surface area (Å²) in [7, 11) is 0.